The van der Waals surface area contributed by atoms with Gasteiger partial charge in [-0.05, 0) is 65.1 Å². The third-order valence-corrected chi connectivity index (χ3v) is 8.05. The molecule has 3 atom stereocenters. The number of rotatable bonds is 7. The van der Waals surface area contributed by atoms with Gasteiger partial charge in [-0.15, -0.1) is 0 Å². The average molecular weight is 569 g/mol. The fourth-order valence-electron chi connectivity index (χ4n) is 5.80. The van der Waals surface area contributed by atoms with Crippen LogP contribution in [0.25, 0.3) is 10.8 Å². The molecule has 1 saturated heterocycles. The zero-order valence-corrected chi connectivity index (χ0v) is 23.6. The molecule has 1 aliphatic heterocycles. The molecule has 1 aliphatic rings. The highest BCUT2D eigenvalue weighted by atomic mass is 35.5. The number of amides is 3. The molecule has 1 unspecified atom stereocenters. The minimum absolute atomic E-state index is 0.0784. The number of nitrogen functional groups attached to an aromatic ring is 1. The second-order valence-electron chi connectivity index (χ2n) is 10.6. The first-order valence-electron chi connectivity index (χ1n) is 13.7. The number of benzene rings is 4. The predicted molar refractivity (Wildman–Crippen MR) is 162 cm³/mol. The molecule has 41 heavy (non-hydrogen) atoms. The zero-order chi connectivity index (χ0) is 29.1. The lowest BCUT2D eigenvalue weighted by molar-refractivity contribution is -0.148. The topological polar surface area (TPSA) is 110 Å². The van der Waals surface area contributed by atoms with Gasteiger partial charge in [0.25, 0.3) is 5.91 Å². The summed E-state index contributed by atoms with van der Waals surface area (Å²) in [6.45, 7) is 2.20. The van der Waals surface area contributed by atoms with E-state index in [9.17, 15) is 14.4 Å². The Kier molecular flexibility index (Phi) is 8.26. The Labute approximate surface area is 244 Å². The molecule has 0 saturated carbocycles. The van der Waals surface area contributed by atoms with Gasteiger partial charge < -0.3 is 21.3 Å². The molecule has 3 amide bonds. The Morgan fingerprint density at radius 2 is 1.71 bits per heavy atom. The van der Waals surface area contributed by atoms with E-state index < -0.39 is 18.0 Å². The molecule has 0 aliphatic carbocycles. The first kappa shape index (κ1) is 28.2. The van der Waals surface area contributed by atoms with Crippen molar-refractivity contribution < 1.29 is 14.4 Å². The van der Waals surface area contributed by atoms with Crippen molar-refractivity contribution in [2.45, 2.75) is 44.3 Å². The van der Waals surface area contributed by atoms with Gasteiger partial charge >= 0.3 is 0 Å². The third-order valence-electron chi connectivity index (χ3n) is 7.81. The van der Waals surface area contributed by atoms with Crippen molar-refractivity contribution in [1.29, 1.82) is 0 Å². The maximum absolute atomic E-state index is 14.5. The van der Waals surface area contributed by atoms with Crippen LogP contribution in [-0.4, -0.2) is 46.1 Å². The molecule has 0 spiro atoms. The van der Waals surface area contributed by atoms with Crippen LogP contribution in [0.3, 0.4) is 0 Å². The van der Waals surface area contributed by atoms with E-state index in [4.69, 9.17) is 23.1 Å². The number of hydrogen-bond donors (Lipinski definition) is 2. The summed E-state index contributed by atoms with van der Waals surface area (Å²) in [7, 11) is 0. The van der Waals surface area contributed by atoms with Gasteiger partial charge in [-0.3, -0.25) is 14.4 Å². The van der Waals surface area contributed by atoms with Crippen LogP contribution < -0.4 is 11.5 Å². The highest BCUT2D eigenvalue weighted by molar-refractivity contribution is 6.30. The summed E-state index contributed by atoms with van der Waals surface area (Å²) >= 11 is 6.36. The van der Waals surface area contributed by atoms with E-state index in [1.807, 2.05) is 55.5 Å². The van der Waals surface area contributed by atoms with Crippen molar-refractivity contribution in [3.8, 4) is 0 Å². The lowest BCUT2D eigenvalue weighted by Crippen LogP contribution is -2.52. The van der Waals surface area contributed by atoms with Gasteiger partial charge in [-0.1, -0.05) is 78.3 Å². The molecular formula is C33H33ClN4O3. The number of fused-ring (bicyclic) bond motifs is 1. The molecule has 0 radical (unpaired) electrons. The number of halogens is 1. The normalized spacial score (nSPS) is 18.2. The number of hydrogen-bond acceptors (Lipinski definition) is 4. The third kappa shape index (κ3) is 6.05. The maximum Gasteiger partial charge on any atom is 0.250 e. The van der Waals surface area contributed by atoms with Gasteiger partial charge in [0.05, 0.1) is 6.42 Å². The standard InChI is InChI=1S/C33H33ClN4O3/c1-21-15-16-37(29(32(36)40)20-24-10-5-9-23-8-2-3-14-28(23)24)33(41)31(25-11-6-12-26(34)19-25)38(21)30(39)18-22-7-4-13-27(35)17-22/h2-14,17,19,21,29,31H,15-16,18,20,35H2,1H3,(H2,36,40)/t21-,29?,31+/m1/s1. The van der Waals surface area contributed by atoms with Crippen molar-refractivity contribution in [1.82, 2.24) is 9.80 Å². The Bertz CT molecular complexity index is 1600. The van der Waals surface area contributed by atoms with Gasteiger partial charge in [0.1, 0.15) is 12.1 Å². The Morgan fingerprint density at radius 1 is 0.976 bits per heavy atom. The van der Waals surface area contributed by atoms with Crippen LogP contribution in [0.4, 0.5) is 5.69 Å². The predicted octanol–water partition coefficient (Wildman–Crippen LogP) is 4.91. The molecule has 0 bridgehead atoms. The van der Waals surface area contributed by atoms with E-state index >= 15 is 0 Å². The summed E-state index contributed by atoms with van der Waals surface area (Å²) in [6.07, 6.45) is 0.816. The quantitative estimate of drug-likeness (QED) is 0.309. The van der Waals surface area contributed by atoms with Gasteiger partial charge in [0.2, 0.25) is 11.8 Å². The van der Waals surface area contributed by atoms with Crippen LogP contribution in [-0.2, 0) is 27.2 Å². The average Bonchev–Trinajstić information content (AvgIpc) is 3.07. The molecule has 7 nitrogen and oxygen atoms in total. The number of nitrogens with zero attached hydrogens (tertiary/aromatic N) is 2. The monoisotopic (exact) mass is 568 g/mol. The largest absolute Gasteiger partial charge is 0.399 e. The van der Waals surface area contributed by atoms with E-state index in [1.54, 1.807) is 52.3 Å². The second-order valence-corrected chi connectivity index (χ2v) is 11.0. The van der Waals surface area contributed by atoms with Crippen LogP contribution in [0.1, 0.15) is 36.1 Å². The van der Waals surface area contributed by atoms with Crippen LogP contribution in [0.15, 0.2) is 91.0 Å². The summed E-state index contributed by atoms with van der Waals surface area (Å²) in [4.78, 5) is 44.5. The van der Waals surface area contributed by atoms with E-state index in [1.165, 1.54) is 0 Å². The van der Waals surface area contributed by atoms with Crippen molar-refractivity contribution in [3.05, 3.63) is 113 Å². The SMILES string of the molecule is C[C@@H]1CCN(C(Cc2cccc3ccccc23)C(N)=O)C(=O)[C@H](c2cccc(Cl)c2)N1C(=O)Cc1cccc(N)c1. The van der Waals surface area contributed by atoms with Gasteiger partial charge in [-0.25, -0.2) is 0 Å². The number of carbonyl (C=O) groups excluding carboxylic acids is 3. The molecule has 4 N–H and O–H groups in total. The Morgan fingerprint density at radius 3 is 2.46 bits per heavy atom. The smallest absolute Gasteiger partial charge is 0.250 e. The van der Waals surface area contributed by atoms with Crippen LogP contribution in [0.2, 0.25) is 5.02 Å². The number of nitrogens with two attached hydrogens (primary N) is 2. The van der Waals surface area contributed by atoms with Crippen molar-refractivity contribution in [2.75, 3.05) is 12.3 Å². The Hall–Kier alpha value is -4.36. The lowest BCUT2D eigenvalue weighted by Gasteiger charge is -2.36. The zero-order valence-electron chi connectivity index (χ0n) is 22.9. The lowest BCUT2D eigenvalue weighted by atomic mass is 9.96. The fraction of sp³-hybridized carbons (Fsp3) is 0.242. The number of primary amides is 1. The Balaban J connectivity index is 1.54. The number of carbonyl (C=O) groups is 3. The molecule has 1 heterocycles. The first-order valence-corrected chi connectivity index (χ1v) is 14.1. The summed E-state index contributed by atoms with van der Waals surface area (Å²) < 4.78 is 0. The number of anilines is 1. The first-order chi connectivity index (χ1) is 19.7. The van der Waals surface area contributed by atoms with Crippen molar-refractivity contribution in [2.24, 2.45) is 5.73 Å². The van der Waals surface area contributed by atoms with Crippen LogP contribution in [0.5, 0.6) is 0 Å². The minimum atomic E-state index is -0.978. The minimum Gasteiger partial charge on any atom is -0.399 e. The van der Waals surface area contributed by atoms with E-state index in [0.717, 1.165) is 21.9 Å². The summed E-state index contributed by atoms with van der Waals surface area (Å²) in [6, 6.07) is 25.8. The summed E-state index contributed by atoms with van der Waals surface area (Å²) in [5, 5.41) is 2.49. The van der Waals surface area contributed by atoms with Crippen LogP contribution >= 0.6 is 11.6 Å². The maximum atomic E-state index is 14.5. The fourth-order valence-corrected chi connectivity index (χ4v) is 6.00. The molecule has 4 aromatic rings. The summed E-state index contributed by atoms with van der Waals surface area (Å²) in [5.74, 6) is -1.17. The van der Waals surface area contributed by atoms with Gasteiger partial charge in [0, 0.05) is 29.7 Å². The van der Waals surface area contributed by atoms with Gasteiger partial charge in [0.15, 0.2) is 0 Å². The van der Waals surface area contributed by atoms with E-state index in [-0.39, 0.29) is 37.2 Å². The van der Waals surface area contributed by atoms with E-state index in [2.05, 4.69) is 0 Å². The molecule has 4 aromatic carbocycles. The summed E-state index contributed by atoms with van der Waals surface area (Å²) in [5.41, 5.74) is 14.8. The van der Waals surface area contributed by atoms with Gasteiger partial charge in [-0.2, -0.15) is 0 Å². The molecule has 1 fully saturated rings. The van der Waals surface area contributed by atoms with Crippen LogP contribution in [0, 0.1) is 0 Å². The molecule has 8 heteroatoms. The highest BCUT2D eigenvalue weighted by Crippen LogP contribution is 2.33. The molecule has 210 valence electrons. The van der Waals surface area contributed by atoms with Crippen molar-refractivity contribution >= 4 is 45.8 Å². The van der Waals surface area contributed by atoms with Crippen molar-refractivity contribution in [3.63, 3.8) is 0 Å². The second kappa shape index (κ2) is 12.0. The molecule has 0 aromatic heterocycles. The van der Waals surface area contributed by atoms with E-state index in [0.29, 0.717) is 22.7 Å². The highest BCUT2D eigenvalue weighted by Gasteiger charge is 2.43. The molecule has 5 rings (SSSR count). The molecular weight excluding hydrogens is 536 g/mol.